The number of carbonyl (C=O) groups excluding carboxylic acids is 2. The van der Waals surface area contributed by atoms with Crippen molar-refractivity contribution < 1.29 is 27.2 Å². The van der Waals surface area contributed by atoms with Crippen LogP contribution in [-0.2, 0) is 14.8 Å². The van der Waals surface area contributed by atoms with Gasteiger partial charge < -0.3 is 14.5 Å². The van der Waals surface area contributed by atoms with Crippen LogP contribution in [0.15, 0.2) is 39.6 Å². The molecule has 0 atom stereocenters. The molecule has 2 aromatic rings. The van der Waals surface area contributed by atoms with Crippen molar-refractivity contribution in [2.75, 3.05) is 37.0 Å². The van der Waals surface area contributed by atoms with Crippen LogP contribution in [0.25, 0.3) is 0 Å². The van der Waals surface area contributed by atoms with Crippen molar-refractivity contribution in [1.82, 2.24) is 4.31 Å². The summed E-state index contributed by atoms with van der Waals surface area (Å²) in [5.41, 5.74) is 1.07. The third-order valence-electron chi connectivity index (χ3n) is 4.83. The lowest BCUT2D eigenvalue weighted by Crippen LogP contribution is -2.28. The van der Waals surface area contributed by atoms with Crippen molar-refractivity contribution in [2.45, 2.75) is 31.6 Å². The highest BCUT2D eigenvalue weighted by Crippen LogP contribution is 2.27. The van der Waals surface area contributed by atoms with Crippen molar-refractivity contribution in [1.29, 1.82) is 0 Å². The average Bonchev–Trinajstić information content (AvgIpc) is 3.39. The summed E-state index contributed by atoms with van der Waals surface area (Å²) in [6.07, 6.45) is 1.17. The maximum Gasteiger partial charge on any atom is 0.413 e. The maximum absolute atomic E-state index is 12.7. The zero-order chi connectivity index (χ0) is 21.9. The van der Waals surface area contributed by atoms with Crippen LogP contribution in [0.2, 0.25) is 0 Å². The molecular weight excluding hydrogens is 410 g/mol. The van der Waals surface area contributed by atoms with Gasteiger partial charge in [0.15, 0.2) is 5.76 Å². The molecule has 1 aliphatic rings. The predicted molar refractivity (Wildman–Crippen MR) is 111 cm³/mol. The number of aryl methyl sites for hydroxylation is 1. The normalized spacial score (nSPS) is 14.5. The summed E-state index contributed by atoms with van der Waals surface area (Å²) in [6, 6.07) is 7.83. The molecule has 2 heterocycles. The SMILES string of the molecule is CCOC(=O)N(C)c1ccc(NC(=O)c2cc(S(=O)(=O)N3CCCC3)c(C)o2)cc1. The molecule has 1 aromatic carbocycles. The number of ether oxygens (including phenoxy) is 1. The van der Waals surface area contributed by atoms with E-state index in [0.717, 1.165) is 12.8 Å². The first-order chi connectivity index (χ1) is 14.2. The third-order valence-corrected chi connectivity index (χ3v) is 6.84. The first kappa shape index (κ1) is 21.8. The van der Waals surface area contributed by atoms with Crippen molar-refractivity contribution in [3.63, 3.8) is 0 Å². The van der Waals surface area contributed by atoms with E-state index < -0.39 is 22.0 Å². The van der Waals surface area contributed by atoms with Crippen molar-refractivity contribution in [3.8, 4) is 0 Å². The van der Waals surface area contributed by atoms with Crippen LogP contribution in [0.4, 0.5) is 16.2 Å². The third kappa shape index (κ3) is 4.49. The number of rotatable bonds is 6. The molecule has 0 radical (unpaired) electrons. The number of carbonyl (C=O) groups is 2. The molecule has 10 heteroatoms. The molecule has 162 valence electrons. The summed E-state index contributed by atoms with van der Waals surface area (Å²) in [5, 5.41) is 2.66. The second-order valence-corrected chi connectivity index (χ2v) is 8.81. The molecule has 0 saturated carbocycles. The first-order valence-corrected chi connectivity index (χ1v) is 11.1. The van der Waals surface area contributed by atoms with E-state index in [1.54, 1.807) is 38.2 Å². The maximum atomic E-state index is 12.7. The Kier molecular flexibility index (Phi) is 6.47. The summed E-state index contributed by atoms with van der Waals surface area (Å²) in [7, 11) is -2.09. The van der Waals surface area contributed by atoms with Crippen LogP contribution in [0.5, 0.6) is 0 Å². The summed E-state index contributed by atoms with van der Waals surface area (Å²) < 4.78 is 37.3. The summed E-state index contributed by atoms with van der Waals surface area (Å²) in [5.74, 6) is -0.469. The number of amides is 2. The number of sulfonamides is 1. The molecule has 3 rings (SSSR count). The van der Waals surface area contributed by atoms with Crippen LogP contribution < -0.4 is 10.2 Å². The number of nitrogens with zero attached hydrogens (tertiary/aromatic N) is 2. The largest absolute Gasteiger partial charge is 0.455 e. The zero-order valence-electron chi connectivity index (χ0n) is 17.2. The number of hydrogen-bond donors (Lipinski definition) is 1. The Morgan fingerprint density at radius 1 is 1.20 bits per heavy atom. The van der Waals surface area contributed by atoms with Crippen LogP contribution in [0.3, 0.4) is 0 Å². The van der Waals surface area contributed by atoms with E-state index in [-0.39, 0.29) is 23.0 Å². The summed E-state index contributed by atoms with van der Waals surface area (Å²) in [4.78, 5) is 25.7. The van der Waals surface area contributed by atoms with Gasteiger partial charge in [-0.15, -0.1) is 0 Å². The number of nitrogens with one attached hydrogen (secondary N) is 1. The second-order valence-electron chi connectivity index (χ2n) is 6.90. The lowest BCUT2D eigenvalue weighted by molar-refractivity contribution is 0.0995. The minimum Gasteiger partial charge on any atom is -0.455 e. The van der Waals surface area contributed by atoms with Gasteiger partial charge >= 0.3 is 6.09 Å². The van der Waals surface area contributed by atoms with Gasteiger partial charge in [-0.25, -0.2) is 13.2 Å². The smallest absolute Gasteiger partial charge is 0.413 e. The first-order valence-electron chi connectivity index (χ1n) is 9.66. The van der Waals surface area contributed by atoms with Gasteiger partial charge in [0.2, 0.25) is 10.0 Å². The number of anilines is 2. The molecule has 0 unspecified atom stereocenters. The minimum atomic E-state index is -3.67. The Labute approximate surface area is 175 Å². The second kappa shape index (κ2) is 8.88. The monoisotopic (exact) mass is 435 g/mol. The molecule has 0 bridgehead atoms. The summed E-state index contributed by atoms with van der Waals surface area (Å²) in [6.45, 7) is 4.47. The highest BCUT2D eigenvalue weighted by atomic mass is 32.2. The Hall–Kier alpha value is -2.85. The molecule has 1 fully saturated rings. The molecule has 0 spiro atoms. The Morgan fingerprint density at radius 2 is 1.83 bits per heavy atom. The Balaban J connectivity index is 1.71. The van der Waals surface area contributed by atoms with Gasteiger partial charge in [0.05, 0.1) is 6.61 Å². The fourth-order valence-corrected chi connectivity index (χ4v) is 4.87. The van der Waals surface area contributed by atoms with Gasteiger partial charge in [0.1, 0.15) is 10.7 Å². The highest BCUT2D eigenvalue weighted by molar-refractivity contribution is 7.89. The van der Waals surface area contributed by atoms with Crippen molar-refractivity contribution in [2.24, 2.45) is 0 Å². The lowest BCUT2D eigenvalue weighted by Gasteiger charge is -2.16. The van der Waals surface area contributed by atoms with Gasteiger partial charge in [-0.3, -0.25) is 9.69 Å². The quantitative estimate of drug-likeness (QED) is 0.746. The van der Waals surface area contributed by atoms with Gasteiger partial charge in [-0.1, -0.05) is 0 Å². The van der Waals surface area contributed by atoms with Crippen LogP contribution in [0.1, 0.15) is 36.1 Å². The molecule has 1 aliphatic heterocycles. The molecule has 1 aromatic heterocycles. The van der Waals surface area contributed by atoms with E-state index in [0.29, 0.717) is 24.5 Å². The molecule has 1 N–H and O–H groups in total. The standard InChI is InChI=1S/C20H25N3O6S/c1-4-28-20(25)22(3)16-9-7-15(8-10-16)21-19(24)17-13-18(14(2)29-17)30(26,27)23-11-5-6-12-23/h7-10,13H,4-6,11-12H2,1-3H3,(H,21,24). The predicted octanol–water partition coefficient (Wildman–Crippen LogP) is 3.22. The molecule has 30 heavy (non-hydrogen) atoms. The number of benzene rings is 1. The van der Waals surface area contributed by atoms with Gasteiger partial charge in [-0.2, -0.15) is 4.31 Å². The molecule has 2 amide bonds. The van der Waals surface area contributed by atoms with E-state index in [2.05, 4.69) is 5.32 Å². The lowest BCUT2D eigenvalue weighted by atomic mass is 10.2. The van der Waals surface area contributed by atoms with Crippen LogP contribution in [0, 0.1) is 6.92 Å². The van der Waals surface area contributed by atoms with Gasteiger partial charge in [-0.05, 0) is 51.0 Å². The Morgan fingerprint density at radius 3 is 2.43 bits per heavy atom. The van der Waals surface area contributed by atoms with Gasteiger partial charge in [0, 0.05) is 37.6 Å². The Bertz CT molecular complexity index is 1020. The molecular formula is C20H25N3O6S. The molecule has 9 nitrogen and oxygen atoms in total. The average molecular weight is 436 g/mol. The topological polar surface area (TPSA) is 109 Å². The van der Waals surface area contributed by atoms with E-state index >= 15 is 0 Å². The van der Waals surface area contributed by atoms with Crippen molar-refractivity contribution in [3.05, 3.63) is 41.9 Å². The van der Waals surface area contributed by atoms with E-state index in [4.69, 9.17) is 9.15 Å². The fourth-order valence-electron chi connectivity index (χ4n) is 3.19. The van der Waals surface area contributed by atoms with Crippen molar-refractivity contribution >= 4 is 33.4 Å². The van der Waals surface area contributed by atoms with Gasteiger partial charge in [0.25, 0.3) is 5.91 Å². The van der Waals surface area contributed by atoms with E-state index in [1.807, 2.05) is 0 Å². The molecule has 1 saturated heterocycles. The number of hydrogen-bond acceptors (Lipinski definition) is 6. The van der Waals surface area contributed by atoms with Crippen LogP contribution in [-0.4, -0.2) is 51.5 Å². The highest BCUT2D eigenvalue weighted by Gasteiger charge is 2.31. The minimum absolute atomic E-state index is 0.0148. The fraction of sp³-hybridized carbons (Fsp3) is 0.400. The van der Waals surface area contributed by atoms with Crippen LogP contribution >= 0.6 is 0 Å². The molecule has 0 aliphatic carbocycles. The van der Waals surface area contributed by atoms with E-state index in [1.165, 1.54) is 22.2 Å². The zero-order valence-corrected chi connectivity index (χ0v) is 18.0. The van der Waals surface area contributed by atoms with E-state index in [9.17, 15) is 18.0 Å². The summed E-state index contributed by atoms with van der Waals surface area (Å²) >= 11 is 0. The number of furan rings is 1.